The Morgan fingerprint density at radius 2 is 2.05 bits per heavy atom. The molecule has 0 spiro atoms. The van der Waals surface area contributed by atoms with Gasteiger partial charge in [-0.3, -0.25) is 10.4 Å². The first-order valence-corrected chi connectivity index (χ1v) is 7.81. The van der Waals surface area contributed by atoms with Gasteiger partial charge in [-0.05, 0) is 26.2 Å². The Labute approximate surface area is 122 Å². The molecule has 1 fully saturated rings. The number of hydrazine groups is 1. The molecule has 0 atom stereocenters. The summed E-state index contributed by atoms with van der Waals surface area (Å²) in [6.07, 6.45) is 7.71. The van der Waals surface area contributed by atoms with E-state index in [0.717, 1.165) is 26.2 Å². The zero-order valence-electron chi connectivity index (χ0n) is 12.7. The highest BCUT2D eigenvalue weighted by Gasteiger charge is 2.12. The average molecular weight is 286 g/mol. The quantitative estimate of drug-likeness (QED) is 0.195. The Hall–Kier alpha value is -0.850. The van der Waals surface area contributed by atoms with Crippen molar-refractivity contribution in [3.8, 4) is 0 Å². The molecular weight excluding hydrogens is 256 g/mol. The molecule has 0 aromatic heterocycles. The highest BCUT2D eigenvalue weighted by atomic mass is 16.5. The molecule has 1 aliphatic carbocycles. The van der Waals surface area contributed by atoms with Crippen LogP contribution in [0.25, 0.3) is 0 Å². The van der Waals surface area contributed by atoms with Gasteiger partial charge in [-0.25, -0.2) is 5.84 Å². The number of rotatable bonds is 9. The standard InChI is InChI=1S/C14H30N4O2/c1-2-19-11-6-9-16-14(18-15)17-10-12-20-13-7-4-3-5-8-13/h13H,2-12,15H2,1H3,(H2,16,17,18). The number of aliphatic imine (C=N–C) groups is 1. The van der Waals surface area contributed by atoms with Gasteiger partial charge in [-0.15, -0.1) is 0 Å². The van der Waals surface area contributed by atoms with Gasteiger partial charge < -0.3 is 14.8 Å². The molecule has 1 aliphatic rings. The topological polar surface area (TPSA) is 80.9 Å². The maximum Gasteiger partial charge on any atom is 0.205 e. The molecule has 20 heavy (non-hydrogen) atoms. The van der Waals surface area contributed by atoms with Crippen LogP contribution in [0.15, 0.2) is 4.99 Å². The molecule has 0 aromatic carbocycles. The molecule has 1 saturated carbocycles. The minimum Gasteiger partial charge on any atom is -0.382 e. The van der Waals surface area contributed by atoms with Crippen LogP contribution >= 0.6 is 0 Å². The van der Waals surface area contributed by atoms with E-state index in [0.29, 0.717) is 25.2 Å². The van der Waals surface area contributed by atoms with E-state index in [4.69, 9.17) is 15.3 Å². The summed E-state index contributed by atoms with van der Waals surface area (Å²) in [6.45, 7) is 5.61. The van der Waals surface area contributed by atoms with Gasteiger partial charge in [0.05, 0.1) is 12.7 Å². The van der Waals surface area contributed by atoms with Crippen molar-refractivity contribution in [2.24, 2.45) is 10.8 Å². The van der Waals surface area contributed by atoms with E-state index >= 15 is 0 Å². The van der Waals surface area contributed by atoms with E-state index < -0.39 is 0 Å². The van der Waals surface area contributed by atoms with Crippen molar-refractivity contribution < 1.29 is 9.47 Å². The lowest BCUT2D eigenvalue weighted by molar-refractivity contribution is 0.0317. The van der Waals surface area contributed by atoms with Crippen LogP contribution in [0, 0.1) is 0 Å². The van der Waals surface area contributed by atoms with Gasteiger partial charge in [0.25, 0.3) is 0 Å². The highest BCUT2D eigenvalue weighted by molar-refractivity contribution is 5.79. The van der Waals surface area contributed by atoms with Crippen LogP contribution in [0.2, 0.25) is 0 Å². The van der Waals surface area contributed by atoms with Crippen LogP contribution in [0.1, 0.15) is 45.4 Å². The predicted molar refractivity (Wildman–Crippen MR) is 81.6 cm³/mol. The van der Waals surface area contributed by atoms with Crippen molar-refractivity contribution in [1.82, 2.24) is 10.7 Å². The van der Waals surface area contributed by atoms with Gasteiger partial charge in [0.1, 0.15) is 0 Å². The first-order valence-electron chi connectivity index (χ1n) is 7.81. The van der Waals surface area contributed by atoms with Crippen molar-refractivity contribution in [3.05, 3.63) is 0 Å². The number of nitrogens with zero attached hydrogens (tertiary/aromatic N) is 1. The summed E-state index contributed by atoms with van der Waals surface area (Å²) in [5, 5.41) is 3.15. The van der Waals surface area contributed by atoms with Crippen LogP contribution in [-0.2, 0) is 9.47 Å². The van der Waals surface area contributed by atoms with Crippen LogP contribution < -0.4 is 16.6 Å². The molecule has 118 valence electrons. The second-order valence-corrected chi connectivity index (χ2v) is 4.98. The summed E-state index contributed by atoms with van der Waals surface area (Å²) in [4.78, 5) is 4.33. The maximum atomic E-state index is 5.83. The third-order valence-electron chi connectivity index (χ3n) is 3.36. The van der Waals surface area contributed by atoms with Crippen LogP contribution in [-0.4, -0.2) is 45.0 Å². The summed E-state index contributed by atoms with van der Waals surface area (Å²) in [7, 11) is 0. The van der Waals surface area contributed by atoms with Gasteiger partial charge in [-0.2, -0.15) is 0 Å². The summed E-state index contributed by atoms with van der Waals surface area (Å²) < 4.78 is 11.1. The minimum atomic E-state index is 0.447. The smallest absolute Gasteiger partial charge is 0.205 e. The summed E-state index contributed by atoms with van der Waals surface area (Å²) in [6, 6.07) is 0. The number of guanidine groups is 1. The van der Waals surface area contributed by atoms with E-state index in [1.54, 1.807) is 0 Å². The van der Waals surface area contributed by atoms with Gasteiger partial charge >= 0.3 is 0 Å². The number of hydrogen-bond acceptors (Lipinski definition) is 4. The molecule has 0 bridgehead atoms. The monoisotopic (exact) mass is 286 g/mol. The molecule has 1 rings (SSSR count). The second-order valence-electron chi connectivity index (χ2n) is 4.98. The predicted octanol–water partition coefficient (Wildman–Crippen LogP) is 1.17. The fourth-order valence-electron chi connectivity index (χ4n) is 2.28. The Bertz CT molecular complexity index is 256. The second kappa shape index (κ2) is 11.9. The lowest BCUT2D eigenvalue weighted by atomic mass is 9.98. The first-order chi connectivity index (χ1) is 9.86. The average Bonchev–Trinajstić information content (AvgIpc) is 2.50. The molecule has 0 heterocycles. The minimum absolute atomic E-state index is 0.447. The molecule has 0 radical (unpaired) electrons. The molecule has 0 aliphatic heterocycles. The number of nitrogens with one attached hydrogen (secondary N) is 2. The van der Waals surface area contributed by atoms with E-state index in [2.05, 4.69) is 15.7 Å². The Balaban J connectivity index is 2.03. The normalized spacial score (nSPS) is 17.2. The van der Waals surface area contributed by atoms with Gasteiger partial charge in [0.15, 0.2) is 0 Å². The molecule has 0 unspecified atom stereocenters. The largest absolute Gasteiger partial charge is 0.382 e. The lowest BCUT2D eigenvalue weighted by Gasteiger charge is -2.22. The fraction of sp³-hybridized carbons (Fsp3) is 0.929. The zero-order chi connectivity index (χ0) is 14.5. The number of hydrogen-bond donors (Lipinski definition) is 3. The molecule has 0 saturated heterocycles. The summed E-state index contributed by atoms with van der Waals surface area (Å²) in [5.41, 5.74) is 2.57. The van der Waals surface area contributed by atoms with Gasteiger partial charge in [0.2, 0.25) is 5.96 Å². The Morgan fingerprint density at radius 1 is 1.25 bits per heavy atom. The van der Waals surface area contributed by atoms with Crippen LogP contribution in [0.3, 0.4) is 0 Å². The molecule has 0 amide bonds. The first kappa shape index (κ1) is 17.2. The third kappa shape index (κ3) is 8.35. The number of nitrogens with two attached hydrogens (primary N) is 1. The van der Waals surface area contributed by atoms with Gasteiger partial charge in [0, 0.05) is 26.3 Å². The Morgan fingerprint density at radius 3 is 2.75 bits per heavy atom. The van der Waals surface area contributed by atoms with Crippen molar-refractivity contribution >= 4 is 5.96 Å². The van der Waals surface area contributed by atoms with E-state index in [1.807, 2.05) is 6.92 Å². The van der Waals surface area contributed by atoms with E-state index in [1.165, 1.54) is 32.1 Å². The van der Waals surface area contributed by atoms with E-state index in [9.17, 15) is 0 Å². The van der Waals surface area contributed by atoms with Crippen LogP contribution in [0.4, 0.5) is 0 Å². The molecular formula is C14H30N4O2. The Kier molecular flexibility index (Phi) is 10.3. The molecule has 6 nitrogen and oxygen atoms in total. The summed E-state index contributed by atoms with van der Waals surface area (Å²) in [5.74, 6) is 6.04. The lowest BCUT2D eigenvalue weighted by Crippen LogP contribution is -2.43. The number of ether oxygens (including phenoxy) is 2. The van der Waals surface area contributed by atoms with Crippen molar-refractivity contribution in [2.45, 2.75) is 51.6 Å². The molecule has 0 aromatic rings. The summed E-state index contributed by atoms with van der Waals surface area (Å²) >= 11 is 0. The maximum absolute atomic E-state index is 5.83. The molecule has 4 N–H and O–H groups in total. The third-order valence-corrected chi connectivity index (χ3v) is 3.36. The van der Waals surface area contributed by atoms with Gasteiger partial charge in [-0.1, -0.05) is 19.3 Å². The van der Waals surface area contributed by atoms with Crippen LogP contribution in [0.5, 0.6) is 0 Å². The van der Waals surface area contributed by atoms with Crippen molar-refractivity contribution in [1.29, 1.82) is 0 Å². The zero-order valence-corrected chi connectivity index (χ0v) is 12.7. The highest BCUT2D eigenvalue weighted by Crippen LogP contribution is 2.19. The fourth-order valence-corrected chi connectivity index (χ4v) is 2.28. The molecule has 6 heteroatoms. The SMILES string of the molecule is CCOCCCN=C(NN)NCCOC1CCCCC1. The van der Waals surface area contributed by atoms with E-state index in [-0.39, 0.29) is 0 Å². The van der Waals surface area contributed by atoms with Crippen molar-refractivity contribution in [3.63, 3.8) is 0 Å². The van der Waals surface area contributed by atoms with Crippen molar-refractivity contribution in [2.75, 3.05) is 32.9 Å².